The van der Waals surface area contributed by atoms with E-state index in [1.807, 2.05) is 13.8 Å². The molecule has 23 heavy (non-hydrogen) atoms. The molecule has 1 rings (SSSR count). The summed E-state index contributed by atoms with van der Waals surface area (Å²) >= 11 is 0. The van der Waals surface area contributed by atoms with Crippen LogP contribution in [0.4, 0.5) is 0 Å². The maximum absolute atomic E-state index is 12.1. The first-order chi connectivity index (χ1) is 10.8. The lowest BCUT2D eigenvalue weighted by Gasteiger charge is -2.25. The van der Waals surface area contributed by atoms with E-state index in [1.54, 1.807) is 30.3 Å². The van der Waals surface area contributed by atoms with Crippen LogP contribution in [-0.4, -0.2) is 39.5 Å². The Bertz CT molecular complexity index is 588. The van der Waals surface area contributed by atoms with Crippen molar-refractivity contribution in [2.24, 2.45) is 11.1 Å². The zero-order valence-corrected chi connectivity index (χ0v) is 14.6. The molecule has 130 valence electrons. The second kappa shape index (κ2) is 9.00. The third-order valence-electron chi connectivity index (χ3n) is 3.83. The van der Waals surface area contributed by atoms with Gasteiger partial charge in [0, 0.05) is 13.5 Å². The van der Waals surface area contributed by atoms with Gasteiger partial charge in [0.1, 0.15) is 6.10 Å². The van der Waals surface area contributed by atoms with Crippen LogP contribution >= 0.6 is 0 Å². The molecule has 3 atom stereocenters. The van der Waals surface area contributed by atoms with Gasteiger partial charge in [-0.2, -0.15) is 0 Å². The fourth-order valence-corrected chi connectivity index (χ4v) is 3.66. The van der Waals surface area contributed by atoms with Gasteiger partial charge in [0.2, 0.25) is 10.0 Å². The number of methoxy groups -OCH3 is 1. The monoisotopic (exact) mass is 343 g/mol. The SMILES string of the molecule is CC[C@H](C)[C@@H](C[C@H](COC)OC(=O)c1ccccc1)S(N)(=O)=O. The van der Waals surface area contributed by atoms with Crippen molar-refractivity contribution >= 4 is 16.0 Å². The van der Waals surface area contributed by atoms with Crippen molar-refractivity contribution in [3.63, 3.8) is 0 Å². The summed E-state index contributed by atoms with van der Waals surface area (Å²) < 4.78 is 34.1. The Hall–Kier alpha value is -1.44. The number of carbonyl (C=O) groups excluding carboxylic acids is 1. The number of primary sulfonamides is 1. The number of rotatable bonds is 9. The number of esters is 1. The molecule has 0 aliphatic heterocycles. The van der Waals surface area contributed by atoms with E-state index in [0.29, 0.717) is 12.0 Å². The minimum atomic E-state index is -3.74. The molecule has 0 spiro atoms. The first-order valence-corrected chi connectivity index (χ1v) is 9.17. The van der Waals surface area contributed by atoms with Crippen LogP contribution in [0.25, 0.3) is 0 Å². The highest BCUT2D eigenvalue weighted by Gasteiger charge is 2.31. The lowest BCUT2D eigenvalue weighted by Crippen LogP contribution is -2.39. The van der Waals surface area contributed by atoms with Crippen molar-refractivity contribution in [2.45, 2.75) is 38.0 Å². The van der Waals surface area contributed by atoms with Crippen molar-refractivity contribution in [3.05, 3.63) is 35.9 Å². The summed E-state index contributed by atoms with van der Waals surface area (Å²) in [5.41, 5.74) is 0.407. The van der Waals surface area contributed by atoms with Crippen LogP contribution in [0.2, 0.25) is 0 Å². The summed E-state index contributed by atoms with van der Waals surface area (Å²) in [7, 11) is -2.27. The normalized spacial score (nSPS) is 15.7. The van der Waals surface area contributed by atoms with Crippen molar-refractivity contribution in [2.75, 3.05) is 13.7 Å². The molecule has 0 saturated carbocycles. The molecule has 0 heterocycles. The zero-order valence-electron chi connectivity index (χ0n) is 13.8. The molecule has 0 fully saturated rings. The topological polar surface area (TPSA) is 95.7 Å². The summed E-state index contributed by atoms with van der Waals surface area (Å²) in [5.74, 6) is -0.648. The van der Waals surface area contributed by atoms with E-state index >= 15 is 0 Å². The Kier molecular flexibility index (Phi) is 7.67. The minimum absolute atomic E-state index is 0.111. The van der Waals surface area contributed by atoms with Gasteiger partial charge in [-0.25, -0.2) is 18.4 Å². The summed E-state index contributed by atoms with van der Waals surface area (Å²) in [5, 5.41) is 4.55. The number of sulfonamides is 1. The van der Waals surface area contributed by atoms with E-state index in [9.17, 15) is 13.2 Å². The predicted octanol–water partition coefficient (Wildman–Crippen LogP) is 1.95. The highest BCUT2D eigenvalue weighted by molar-refractivity contribution is 7.89. The molecule has 0 bridgehead atoms. The second-order valence-electron chi connectivity index (χ2n) is 5.60. The van der Waals surface area contributed by atoms with Crippen LogP contribution in [0.3, 0.4) is 0 Å². The molecular weight excluding hydrogens is 318 g/mol. The Morgan fingerprint density at radius 3 is 2.35 bits per heavy atom. The number of benzene rings is 1. The van der Waals surface area contributed by atoms with Gasteiger partial charge in [-0.1, -0.05) is 38.5 Å². The summed E-state index contributed by atoms with van der Waals surface area (Å²) in [4.78, 5) is 12.1. The third kappa shape index (κ3) is 6.29. The Labute approximate surface area is 138 Å². The van der Waals surface area contributed by atoms with Gasteiger partial charge in [0.15, 0.2) is 0 Å². The van der Waals surface area contributed by atoms with Crippen LogP contribution in [0, 0.1) is 5.92 Å². The largest absolute Gasteiger partial charge is 0.456 e. The van der Waals surface area contributed by atoms with Gasteiger partial charge >= 0.3 is 5.97 Å². The molecular formula is C16H25NO5S. The standard InChI is InChI=1S/C16H25NO5S/c1-4-12(2)15(23(17,19)20)10-14(11-21-3)22-16(18)13-8-6-5-7-9-13/h5-9,12,14-15H,4,10-11H2,1-3H3,(H2,17,19,20)/t12-,14+,15+/m0/s1. The highest BCUT2D eigenvalue weighted by Crippen LogP contribution is 2.21. The lowest BCUT2D eigenvalue weighted by molar-refractivity contribution is 0.00170. The lowest BCUT2D eigenvalue weighted by atomic mass is 10.00. The molecule has 0 radical (unpaired) electrons. The van der Waals surface area contributed by atoms with Crippen LogP contribution in [0.15, 0.2) is 30.3 Å². The molecule has 0 aliphatic carbocycles. The molecule has 0 aromatic heterocycles. The zero-order chi connectivity index (χ0) is 17.5. The second-order valence-corrected chi connectivity index (χ2v) is 7.38. The summed E-state index contributed by atoms with van der Waals surface area (Å²) in [6.45, 7) is 3.82. The van der Waals surface area contributed by atoms with Gasteiger partial charge in [0.05, 0.1) is 17.4 Å². The molecule has 2 N–H and O–H groups in total. The quantitative estimate of drug-likeness (QED) is 0.691. The minimum Gasteiger partial charge on any atom is -0.456 e. The number of ether oxygens (including phenoxy) is 2. The number of hydrogen-bond donors (Lipinski definition) is 1. The summed E-state index contributed by atoms with van der Waals surface area (Å²) in [6.07, 6.45) is 0.0956. The van der Waals surface area contributed by atoms with E-state index < -0.39 is 27.3 Å². The van der Waals surface area contributed by atoms with Crippen molar-refractivity contribution in [3.8, 4) is 0 Å². The maximum Gasteiger partial charge on any atom is 0.338 e. The van der Waals surface area contributed by atoms with E-state index in [-0.39, 0.29) is 18.9 Å². The third-order valence-corrected chi connectivity index (χ3v) is 5.33. The van der Waals surface area contributed by atoms with E-state index in [0.717, 1.165) is 0 Å². The average Bonchev–Trinajstić information content (AvgIpc) is 2.51. The molecule has 7 heteroatoms. The highest BCUT2D eigenvalue weighted by atomic mass is 32.2. The number of nitrogens with two attached hydrogens (primary N) is 1. The van der Waals surface area contributed by atoms with E-state index in [2.05, 4.69) is 0 Å². The van der Waals surface area contributed by atoms with Crippen LogP contribution in [-0.2, 0) is 19.5 Å². The van der Waals surface area contributed by atoms with Crippen molar-refractivity contribution < 1.29 is 22.7 Å². The first-order valence-electron chi connectivity index (χ1n) is 7.56. The average molecular weight is 343 g/mol. The van der Waals surface area contributed by atoms with E-state index in [4.69, 9.17) is 14.6 Å². The van der Waals surface area contributed by atoms with Crippen LogP contribution in [0.1, 0.15) is 37.0 Å². The Balaban J connectivity index is 2.86. The number of carbonyl (C=O) groups is 1. The molecule has 6 nitrogen and oxygen atoms in total. The van der Waals surface area contributed by atoms with Crippen molar-refractivity contribution in [1.29, 1.82) is 0 Å². The van der Waals surface area contributed by atoms with Gasteiger partial charge in [-0.3, -0.25) is 0 Å². The Morgan fingerprint density at radius 2 is 1.87 bits per heavy atom. The van der Waals surface area contributed by atoms with Crippen molar-refractivity contribution in [1.82, 2.24) is 0 Å². The number of hydrogen-bond acceptors (Lipinski definition) is 5. The summed E-state index contributed by atoms with van der Waals surface area (Å²) in [6, 6.07) is 8.53. The molecule has 0 amide bonds. The van der Waals surface area contributed by atoms with Gasteiger partial charge in [0.25, 0.3) is 0 Å². The molecule has 0 aliphatic rings. The first kappa shape index (κ1) is 19.6. The van der Waals surface area contributed by atoms with Crippen LogP contribution < -0.4 is 5.14 Å². The molecule has 1 aromatic carbocycles. The fourth-order valence-electron chi connectivity index (χ4n) is 2.34. The maximum atomic E-state index is 12.1. The predicted molar refractivity (Wildman–Crippen MR) is 88.5 cm³/mol. The molecule has 1 aromatic rings. The Morgan fingerprint density at radius 1 is 1.26 bits per heavy atom. The molecule has 0 unspecified atom stereocenters. The molecule has 0 saturated heterocycles. The van der Waals surface area contributed by atoms with E-state index in [1.165, 1.54) is 7.11 Å². The van der Waals surface area contributed by atoms with Gasteiger partial charge < -0.3 is 9.47 Å². The van der Waals surface area contributed by atoms with Crippen LogP contribution in [0.5, 0.6) is 0 Å². The van der Waals surface area contributed by atoms with Gasteiger partial charge in [-0.05, 0) is 18.1 Å². The van der Waals surface area contributed by atoms with Gasteiger partial charge in [-0.15, -0.1) is 0 Å². The smallest absolute Gasteiger partial charge is 0.338 e. The fraction of sp³-hybridized carbons (Fsp3) is 0.562.